The Bertz CT molecular complexity index is 748. The number of nitrogens with one attached hydrogen (secondary N) is 1. The first kappa shape index (κ1) is 18.0. The van der Waals surface area contributed by atoms with Gasteiger partial charge in [-0.3, -0.25) is 9.69 Å². The van der Waals surface area contributed by atoms with Gasteiger partial charge in [-0.1, -0.05) is 68.3 Å². The summed E-state index contributed by atoms with van der Waals surface area (Å²) in [5.74, 6) is 0.527. The molecule has 5 nitrogen and oxygen atoms in total. The zero-order chi connectivity index (χ0) is 18.4. The van der Waals surface area contributed by atoms with Crippen LogP contribution in [0.1, 0.15) is 31.7 Å². The molecule has 1 heterocycles. The molecule has 0 aromatic heterocycles. The molecule has 0 aliphatic carbocycles. The molecule has 1 fully saturated rings. The molecule has 1 saturated heterocycles. The van der Waals surface area contributed by atoms with Crippen molar-refractivity contribution in [3.05, 3.63) is 66.2 Å². The van der Waals surface area contributed by atoms with Crippen LogP contribution in [0.2, 0.25) is 0 Å². The van der Waals surface area contributed by atoms with E-state index in [9.17, 15) is 9.59 Å². The highest BCUT2D eigenvalue weighted by atomic mass is 16.5. The number of ether oxygens (including phenoxy) is 1. The average molecular weight is 352 g/mol. The second-order valence-corrected chi connectivity index (χ2v) is 6.42. The first-order chi connectivity index (χ1) is 12.7. The van der Waals surface area contributed by atoms with E-state index in [1.165, 1.54) is 4.90 Å². The van der Waals surface area contributed by atoms with E-state index in [0.717, 1.165) is 24.2 Å². The molecule has 1 N–H and O–H groups in total. The lowest BCUT2D eigenvalue weighted by atomic mass is 9.85. The highest BCUT2D eigenvalue weighted by Crippen LogP contribution is 2.34. The normalized spacial score (nSPS) is 19.5. The summed E-state index contributed by atoms with van der Waals surface area (Å²) in [7, 11) is 0. The fourth-order valence-corrected chi connectivity index (χ4v) is 3.27. The molecule has 1 aliphatic rings. The molecule has 0 spiro atoms. The molecule has 1 aliphatic heterocycles. The van der Waals surface area contributed by atoms with Crippen molar-refractivity contribution < 1.29 is 14.3 Å². The minimum Gasteiger partial charge on any atom is -0.492 e. The second-order valence-electron chi connectivity index (χ2n) is 6.42. The first-order valence-corrected chi connectivity index (χ1v) is 9.05. The molecule has 0 saturated carbocycles. The Morgan fingerprint density at radius 3 is 2.31 bits per heavy atom. The number of rotatable bonds is 8. The summed E-state index contributed by atoms with van der Waals surface area (Å²) in [6, 6.07) is 18.5. The Morgan fingerprint density at radius 1 is 1.00 bits per heavy atom. The van der Waals surface area contributed by atoms with Gasteiger partial charge in [0.05, 0.1) is 6.54 Å². The molecule has 2 aromatic rings. The van der Waals surface area contributed by atoms with Crippen LogP contribution in [0.4, 0.5) is 4.79 Å². The molecule has 136 valence electrons. The summed E-state index contributed by atoms with van der Waals surface area (Å²) < 4.78 is 5.65. The maximum atomic E-state index is 13.2. The highest BCUT2D eigenvalue weighted by molar-refractivity contribution is 6.07. The standard InChI is InChI=1S/C21H24N2O3/c1-2-3-14-21(17-10-6-4-7-11-17)19(24)23(20(25)22-21)15-16-26-18-12-8-5-9-13-18/h4-13H,2-3,14-16H2,1H3,(H,22,25). The molecule has 0 bridgehead atoms. The third kappa shape index (κ3) is 3.57. The summed E-state index contributed by atoms with van der Waals surface area (Å²) in [5, 5.41) is 2.95. The number of hydrogen-bond donors (Lipinski definition) is 1. The molecule has 5 heteroatoms. The van der Waals surface area contributed by atoms with Gasteiger partial charge in [0.2, 0.25) is 0 Å². The van der Waals surface area contributed by atoms with Crippen molar-refractivity contribution in [3.8, 4) is 5.75 Å². The lowest BCUT2D eigenvalue weighted by Crippen LogP contribution is -2.44. The predicted molar refractivity (Wildman–Crippen MR) is 99.8 cm³/mol. The molecule has 0 radical (unpaired) electrons. The Labute approximate surface area is 154 Å². The van der Waals surface area contributed by atoms with E-state index in [1.54, 1.807) is 0 Å². The van der Waals surface area contributed by atoms with E-state index < -0.39 is 5.54 Å². The summed E-state index contributed by atoms with van der Waals surface area (Å²) in [6.45, 7) is 2.56. The van der Waals surface area contributed by atoms with Crippen LogP contribution in [0.15, 0.2) is 60.7 Å². The third-order valence-corrected chi connectivity index (χ3v) is 4.67. The van der Waals surface area contributed by atoms with Gasteiger partial charge in [-0.25, -0.2) is 4.79 Å². The van der Waals surface area contributed by atoms with Crippen LogP contribution < -0.4 is 10.1 Å². The van der Waals surface area contributed by atoms with Crippen molar-refractivity contribution in [3.63, 3.8) is 0 Å². The quantitative estimate of drug-likeness (QED) is 0.737. The summed E-state index contributed by atoms with van der Waals surface area (Å²) in [4.78, 5) is 27.0. The largest absolute Gasteiger partial charge is 0.492 e. The van der Waals surface area contributed by atoms with E-state index in [0.29, 0.717) is 6.42 Å². The maximum Gasteiger partial charge on any atom is 0.325 e. The maximum absolute atomic E-state index is 13.2. The van der Waals surface area contributed by atoms with Gasteiger partial charge in [-0.05, 0) is 24.1 Å². The van der Waals surface area contributed by atoms with Crippen molar-refractivity contribution in [1.82, 2.24) is 10.2 Å². The second kappa shape index (κ2) is 8.04. The van der Waals surface area contributed by atoms with E-state index in [2.05, 4.69) is 12.2 Å². The minimum absolute atomic E-state index is 0.196. The Hall–Kier alpha value is -2.82. The number of hydrogen-bond acceptors (Lipinski definition) is 3. The lowest BCUT2D eigenvalue weighted by Gasteiger charge is -2.27. The van der Waals surface area contributed by atoms with Crippen LogP contribution in [0.25, 0.3) is 0 Å². The van der Waals surface area contributed by atoms with Gasteiger partial charge in [0.15, 0.2) is 0 Å². The van der Waals surface area contributed by atoms with Gasteiger partial charge in [-0.15, -0.1) is 0 Å². The van der Waals surface area contributed by atoms with Crippen molar-refractivity contribution >= 4 is 11.9 Å². The topological polar surface area (TPSA) is 58.6 Å². The van der Waals surface area contributed by atoms with Crippen molar-refractivity contribution in [1.29, 1.82) is 0 Å². The van der Waals surface area contributed by atoms with Gasteiger partial charge in [0, 0.05) is 0 Å². The number of unbranched alkanes of at least 4 members (excludes halogenated alkanes) is 1. The van der Waals surface area contributed by atoms with Crippen LogP contribution in [0.5, 0.6) is 5.75 Å². The number of para-hydroxylation sites is 1. The zero-order valence-corrected chi connectivity index (χ0v) is 15.0. The average Bonchev–Trinajstić information content (AvgIpc) is 2.93. The van der Waals surface area contributed by atoms with Gasteiger partial charge in [0.1, 0.15) is 17.9 Å². The van der Waals surface area contributed by atoms with Gasteiger partial charge < -0.3 is 10.1 Å². The molecular weight excluding hydrogens is 328 g/mol. The minimum atomic E-state index is -0.971. The summed E-state index contributed by atoms with van der Waals surface area (Å²) in [6.07, 6.45) is 2.40. The van der Waals surface area contributed by atoms with E-state index in [-0.39, 0.29) is 25.1 Å². The van der Waals surface area contributed by atoms with Crippen LogP contribution in [0.3, 0.4) is 0 Å². The number of carbonyl (C=O) groups is 2. The van der Waals surface area contributed by atoms with Crippen LogP contribution in [-0.4, -0.2) is 30.0 Å². The van der Waals surface area contributed by atoms with Crippen LogP contribution in [-0.2, 0) is 10.3 Å². The summed E-state index contributed by atoms with van der Waals surface area (Å²) >= 11 is 0. The number of amides is 3. The molecule has 3 rings (SSSR count). The highest BCUT2D eigenvalue weighted by Gasteiger charge is 2.51. The fraction of sp³-hybridized carbons (Fsp3) is 0.333. The Morgan fingerprint density at radius 2 is 1.65 bits per heavy atom. The number of carbonyl (C=O) groups excluding carboxylic acids is 2. The van der Waals surface area contributed by atoms with Gasteiger partial charge in [0.25, 0.3) is 5.91 Å². The Kier molecular flexibility index (Phi) is 5.56. The number of benzene rings is 2. The monoisotopic (exact) mass is 352 g/mol. The molecule has 1 unspecified atom stereocenters. The van der Waals surface area contributed by atoms with Crippen molar-refractivity contribution in [2.75, 3.05) is 13.2 Å². The third-order valence-electron chi connectivity index (χ3n) is 4.67. The van der Waals surface area contributed by atoms with Gasteiger partial charge >= 0.3 is 6.03 Å². The first-order valence-electron chi connectivity index (χ1n) is 9.05. The van der Waals surface area contributed by atoms with Crippen molar-refractivity contribution in [2.24, 2.45) is 0 Å². The molecule has 3 amide bonds. The number of nitrogens with zero attached hydrogens (tertiary/aromatic N) is 1. The molecule has 1 atom stereocenters. The number of urea groups is 1. The van der Waals surface area contributed by atoms with Crippen LogP contribution in [0, 0.1) is 0 Å². The van der Waals surface area contributed by atoms with E-state index in [4.69, 9.17) is 4.74 Å². The zero-order valence-electron chi connectivity index (χ0n) is 15.0. The number of imide groups is 1. The van der Waals surface area contributed by atoms with E-state index in [1.807, 2.05) is 60.7 Å². The van der Waals surface area contributed by atoms with Crippen LogP contribution >= 0.6 is 0 Å². The lowest BCUT2D eigenvalue weighted by molar-refractivity contribution is -0.132. The molecule has 26 heavy (non-hydrogen) atoms. The summed E-state index contributed by atoms with van der Waals surface area (Å²) in [5.41, 5.74) is -0.139. The SMILES string of the molecule is CCCCC1(c2ccccc2)NC(=O)N(CCOc2ccccc2)C1=O. The fourth-order valence-electron chi connectivity index (χ4n) is 3.27. The van der Waals surface area contributed by atoms with E-state index >= 15 is 0 Å². The smallest absolute Gasteiger partial charge is 0.325 e. The Balaban J connectivity index is 1.74. The molecular formula is C21H24N2O3. The predicted octanol–water partition coefficient (Wildman–Crippen LogP) is 3.70. The van der Waals surface area contributed by atoms with Crippen molar-refractivity contribution in [2.45, 2.75) is 31.7 Å². The van der Waals surface area contributed by atoms with Gasteiger partial charge in [-0.2, -0.15) is 0 Å². The molecule has 2 aromatic carbocycles.